The molecule has 2 nitrogen and oxygen atoms in total. The summed E-state index contributed by atoms with van der Waals surface area (Å²) < 4.78 is 6.30. The van der Waals surface area contributed by atoms with Gasteiger partial charge in [0.05, 0.1) is 5.69 Å². The van der Waals surface area contributed by atoms with Gasteiger partial charge in [-0.05, 0) is 69.3 Å². The zero-order valence-electron chi connectivity index (χ0n) is 20.4. The first-order valence-electron chi connectivity index (χ1n) is 12.0. The average molecular weight is 444 g/mol. The molecule has 2 heterocycles. The highest BCUT2D eigenvalue weighted by atomic mass is 16.3. The van der Waals surface area contributed by atoms with E-state index in [1.165, 1.54) is 38.6 Å². The molecule has 3 aromatic carbocycles. The molecule has 0 spiro atoms. The lowest BCUT2D eigenvalue weighted by molar-refractivity contribution is 0.577. The minimum atomic E-state index is -0.236. The molecular weight excluding hydrogens is 414 g/mol. The van der Waals surface area contributed by atoms with Crippen LogP contribution in [0.2, 0.25) is 0 Å². The topological polar surface area (TPSA) is 26.0 Å². The number of rotatable bonds is 2. The van der Waals surface area contributed by atoms with Gasteiger partial charge in [0, 0.05) is 28.1 Å². The number of para-hydroxylation sites is 1. The third-order valence-corrected chi connectivity index (χ3v) is 7.22. The van der Waals surface area contributed by atoms with E-state index < -0.39 is 0 Å². The Morgan fingerprint density at radius 2 is 1.56 bits per heavy atom. The Bertz CT molecular complexity index is 1570. The van der Waals surface area contributed by atoms with Crippen LogP contribution in [0.15, 0.2) is 83.4 Å². The summed E-state index contributed by atoms with van der Waals surface area (Å²) in [5.41, 5.74) is 7.98. The third kappa shape index (κ3) is 3.13. The highest BCUT2D eigenvalue weighted by Crippen LogP contribution is 2.50. The van der Waals surface area contributed by atoms with Crippen molar-refractivity contribution in [1.29, 1.82) is 0 Å². The van der Waals surface area contributed by atoms with Crippen LogP contribution in [0.5, 0.6) is 0 Å². The molecule has 0 aliphatic heterocycles. The molecule has 34 heavy (non-hydrogen) atoms. The molecule has 0 saturated carbocycles. The zero-order valence-corrected chi connectivity index (χ0v) is 20.4. The summed E-state index contributed by atoms with van der Waals surface area (Å²) in [4.78, 5) is 4.95. The van der Waals surface area contributed by atoms with Crippen LogP contribution in [0.4, 0.5) is 0 Å². The summed E-state index contributed by atoms with van der Waals surface area (Å²) >= 11 is 0. The van der Waals surface area contributed by atoms with Crippen molar-refractivity contribution in [2.24, 2.45) is 0 Å². The van der Waals surface area contributed by atoms with Gasteiger partial charge in [-0.1, -0.05) is 77.1 Å². The molecule has 0 bridgehead atoms. The normalized spacial score (nSPS) is 15.0. The van der Waals surface area contributed by atoms with Crippen LogP contribution in [0, 0.1) is 0 Å². The molecule has 0 saturated heterocycles. The molecule has 168 valence electrons. The molecule has 0 radical (unpaired) electrons. The van der Waals surface area contributed by atoms with Crippen molar-refractivity contribution in [3.05, 3.63) is 101 Å². The molecule has 0 unspecified atom stereocenters. The van der Waals surface area contributed by atoms with Crippen molar-refractivity contribution in [3.8, 4) is 11.3 Å². The lowest BCUT2D eigenvalue weighted by Gasteiger charge is -2.27. The first-order valence-corrected chi connectivity index (χ1v) is 12.0. The second-order valence-corrected chi connectivity index (χ2v) is 11.0. The maximum absolute atomic E-state index is 6.30. The Kier molecular flexibility index (Phi) is 4.41. The molecule has 0 atom stereocenters. The molecule has 1 aliphatic carbocycles. The minimum Gasteiger partial charge on any atom is -0.456 e. The molecule has 6 rings (SSSR count). The van der Waals surface area contributed by atoms with Gasteiger partial charge in [0.2, 0.25) is 0 Å². The summed E-state index contributed by atoms with van der Waals surface area (Å²) in [5.74, 6) is 0.933. The third-order valence-electron chi connectivity index (χ3n) is 7.22. The van der Waals surface area contributed by atoms with Gasteiger partial charge in [-0.15, -0.1) is 0 Å². The van der Waals surface area contributed by atoms with Crippen molar-refractivity contribution in [2.75, 3.05) is 0 Å². The summed E-state index contributed by atoms with van der Waals surface area (Å²) in [6.07, 6.45) is 4.22. The summed E-state index contributed by atoms with van der Waals surface area (Å²) in [5, 5.41) is 3.70. The Balaban J connectivity index is 1.54. The number of benzene rings is 3. The van der Waals surface area contributed by atoms with Gasteiger partial charge in [-0.2, -0.15) is 0 Å². The molecule has 5 aromatic rings. The van der Waals surface area contributed by atoms with Gasteiger partial charge in [0.15, 0.2) is 0 Å². The van der Waals surface area contributed by atoms with Crippen LogP contribution in [0.3, 0.4) is 0 Å². The number of pyridine rings is 1. The lowest BCUT2D eigenvalue weighted by Crippen LogP contribution is -2.18. The molecule has 2 heteroatoms. The van der Waals surface area contributed by atoms with Gasteiger partial charge in [-0.3, -0.25) is 4.98 Å². The van der Waals surface area contributed by atoms with Gasteiger partial charge in [0.1, 0.15) is 11.3 Å². The van der Waals surface area contributed by atoms with Crippen molar-refractivity contribution in [2.45, 2.75) is 45.4 Å². The van der Waals surface area contributed by atoms with Crippen LogP contribution in [-0.4, -0.2) is 4.98 Å². The fourth-order valence-electron chi connectivity index (χ4n) is 5.50. The van der Waals surface area contributed by atoms with Gasteiger partial charge in [-0.25, -0.2) is 0 Å². The van der Waals surface area contributed by atoms with Crippen LogP contribution >= 0.6 is 0 Å². The first-order chi connectivity index (χ1) is 16.2. The first kappa shape index (κ1) is 20.9. The quantitative estimate of drug-likeness (QED) is 0.272. The van der Waals surface area contributed by atoms with Crippen LogP contribution in [-0.2, 0) is 10.8 Å². The number of aromatic nitrogens is 1. The number of allylic oxidation sites excluding steroid dienone is 1. The maximum Gasteiger partial charge on any atom is 0.134 e. The van der Waals surface area contributed by atoms with Crippen molar-refractivity contribution in [3.63, 3.8) is 0 Å². The summed E-state index contributed by atoms with van der Waals surface area (Å²) in [6.45, 7) is 11.4. The van der Waals surface area contributed by atoms with Crippen LogP contribution in [0.25, 0.3) is 44.6 Å². The van der Waals surface area contributed by atoms with Gasteiger partial charge in [0.25, 0.3) is 0 Å². The van der Waals surface area contributed by atoms with E-state index in [9.17, 15) is 0 Å². The van der Waals surface area contributed by atoms with Crippen molar-refractivity contribution >= 4 is 33.4 Å². The molecule has 1 aliphatic rings. The fraction of sp³-hybridized carbons (Fsp3) is 0.219. The number of hydrogen-bond acceptors (Lipinski definition) is 2. The molecule has 2 aromatic heterocycles. The highest BCUT2D eigenvalue weighted by molar-refractivity contribution is 5.98. The van der Waals surface area contributed by atoms with Crippen molar-refractivity contribution < 1.29 is 4.42 Å². The Morgan fingerprint density at radius 3 is 2.32 bits per heavy atom. The van der Waals surface area contributed by atoms with E-state index >= 15 is 0 Å². The number of fused-ring (bicyclic) bond motifs is 3. The maximum atomic E-state index is 6.30. The number of furan rings is 1. The van der Waals surface area contributed by atoms with Crippen molar-refractivity contribution in [1.82, 2.24) is 4.98 Å². The minimum absolute atomic E-state index is 0.0285. The summed E-state index contributed by atoms with van der Waals surface area (Å²) in [7, 11) is 0. The zero-order chi connectivity index (χ0) is 23.7. The number of nitrogens with zero attached hydrogens (tertiary/aromatic N) is 1. The molecular formula is C32H29NO. The largest absolute Gasteiger partial charge is 0.456 e. The lowest BCUT2D eigenvalue weighted by atomic mass is 9.77. The highest BCUT2D eigenvalue weighted by Gasteiger charge is 2.38. The monoisotopic (exact) mass is 443 g/mol. The molecule has 0 N–H and O–H groups in total. The van der Waals surface area contributed by atoms with E-state index in [1.807, 2.05) is 18.3 Å². The van der Waals surface area contributed by atoms with E-state index in [4.69, 9.17) is 9.40 Å². The van der Waals surface area contributed by atoms with Gasteiger partial charge < -0.3 is 4.42 Å². The Morgan fingerprint density at radius 1 is 0.824 bits per heavy atom. The second-order valence-electron chi connectivity index (χ2n) is 11.0. The predicted molar refractivity (Wildman–Crippen MR) is 143 cm³/mol. The van der Waals surface area contributed by atoms with Crippen LogP contribution in [0.1, 0.15) is 57.1 Å². The fourth-order valence-corrected chi connectivity index (χ4v) is 5.50. The Hall–Kier alpha value is -3.65. The van der Waals surface area contributed by atoms with E-state index in [-0.39, 0.29) is 10.8 Å². The van der Waals surface area contributed by atoms with Crippen LogP contribution < -0.4 is 0 Å². The predicted octanol–water partition coefficient (Wildman–Crippen LogP) is 8.78. The smallest absolute Gasteiger partial charge is 0.134 e. The molecule has 0 fully saturated rings. The number of hydrogen-bond donors (Lipinski definition) is 0. The standard InChI is InChI=1S/C32H29NO/c1-31(2,3)25-18-23(16-20-10-6-8-12-24(20)25)30-29-22(14-15-33-30)17-26(32(29,4)5)28-19-21-11-7-9-13-27(21)34-28/h6-19H,1-5H3. The van der Waals surface area contributed by atoms with E-state index in [1.54, 1.807) is 0 Å². The summed E-state index contributed by atoms with van der Waals surface area (Å²) in [6, 6.07) is 25.8. The molecule has 0 amide bonds. The van der Waals surface area contributed by atoms with E-state index in [0.717, 1.165) is 22.4 Å². The SMILES string of the molecule is CC(C)(C)c1cc(-c2nccc3c2C(C)(C)C(c2cc4ccccc4o2)=C3)cc2ccccc12. The van der Waals surface area contributed by atoms with E-state index in [2.05, 4.69) is 101 Å². The Labute approximate surface area is 201 Å². The average Bonchev–Trinajstić information content (AvgIpc) is 3.35. The second kappa shape index (κ2) is 7.17. The van der Waals surface area contributed by atoms with Gasteiger partial charge >= 0.3 is 0 Å². The van der Waals surface area contributed by atoms with E-state index in [0.29, 0.717) is 0 Å².